The summed E-state index contributed by atoms with van der Waals surface area (Å²) >= 11 is 0. The number of rotatable bonds is 2. The highest BCUT2D eigenvalue weighted by Gasteiger charge is 2.35. The highest BCUT2D eigenvalue weighted by atomic mass is 16.6. The van der Waals surface area contributed by atoms with E-state index >= 15 is 0 Å². The van der Waals surface area contributed by atoms with Gasteiger partial charge in [-0.25, -0.2) is 0 Å². The summed E-state index contributed by atoms with van der Waals surface area (Å²) in [5, 5.41) is 10.7. The number of ketones is 1. The molecule has 0 aliphatic heterocycles. The summed E-state index contributed by atoms with van der Waals surface area (Å²) in [5.41, 5.74) is 1.29. The first-order valence-corrected chi connectivity index (χ1v) is 4.98. The first-order valence-electron chi connectivity index (χ1n) is 4.98. The molecule has 0 radical (unpaired) electrons. The third kappa shape index (κ3) is 1.64. The van der Waals surface area contributed by atoms with E-state index in [0.29, 0.717) is 17.7 Å². The van der Waals surface area contributed by atoms with Crippen molar-refractivity contribution in [1.29, 1.82) is 0 Å². The van der Waals surface area contributed by atoms with Crippen molar-refractivity contribution in [3.63, 3.8) is 0 Å². The molecule has 5 nitrogen and oxygen atoms in total. The lowest BCUT2D eigenvalue weighted by Gasteiger charge is -2.18. The molecular weight excluding hydrogens is 210 g/mol. The second-order valence-electron chi connectivity index (χ2n) is 3.73. The van der Waals surface area contributed by atoms with Gasteiger partial charge in [0.1, 0.15) is 5.75 Å². The van der Waals surface area contributed by atoms with Gasteiger partial charge in [-0.05, 0) is 30.2 Å². The monoisotopic (exact) mass is 221 g/mol. The van der Waals surface area contributed by atoms with Gasteiger partial charge in [0.25, 0.3) is 6.04 Å². The van der Waals surface area contributed by atoms with Crippen LogP contribution in [0.3, 0.4) is 0 Å². The summed E-state index contributed by atoms with van der Waals surface area (Å²) in [6.07, 6.45) is 0.815. The van der Waals surface area contributed by atoms with E-state index in [1.807, 2.05) is 0 Å². The van der Waals surface area contributed by atoms with Gasteiger partial charge in [-0.1, -0.05) is 0 Å². The number of hydrogen-bond donors (Lipinski definition) is 0. The molecule has 16 heavy (non-hydrogen) atoms. The molecule has 0 saturated heterocycles. The Kier molecular flexibility index (Phi) is 2.60. The van der Waals surface area contributed by atoms with Crippen LogP contribution in [0.2, 0.25) is 0 Å². The maximum atomic E-state index is 11.8. The molecule has 1 unspecified atom stereocenters. The van der Waals surface area contributed by atoms with Crippen LogP contribution in [0.5, 0.6) is 5.75 Å². The molecule has 1 atom stereocenters. The quantitative estimate of drug-likeness (QED) is 0.560. The number of fused-ring (bicyclic) bond motifs is 1. The Morgan fingerprint density at radius 3 is 2.88 bits per heavy atom. The van der Waals surface area contributed by atoms with E-state index < -0.39 is 16.7 Å². The number of Topliss-reactive ketones (excluding diaryl/α,β-unsaturated/α-hetero) is 1. The van der Waals surface area contributed by atoms with Crippen LogP contribution in [0.4, 0.5) is 0 Å². The molecule has 0 bridgehead atoms. The zero-order chi connectivity index (χ0) is 11.7. The molecule has 5 heteroatoms. The van der Waals surface area contributed by atoms with Gasteiger partial charge < -0.3 is 4.74 Å². The average molecular weight is 221 g/mol. The highest BCUT2D eigenvalue weighted by molar-refractivity contribution is 6.01. The first kappa shape index (κ1) is 10.6. The Bertz CT molecular complexity index is 455. The van der Waals surface area contributed by atoms with E-state index in [4.69, 9.17) is 4.74 Å². The molecule has 1 aliphatic carbocycles. The van der Waals surface area contributed by atoms with Crippen LogP contribution >= 0.6 is 0 Å². The van der Waals surface area contributed by atoms with E-state index in [1.165, 1.54) is 0 Å². The number of hydrogen-bond acceptors (Lipinski definition) is 4. The van der Waals surface area contributed by atoms with Gasteiger partial charge >= 0.3 is 0 Å². The number of carbonyl (C=O) groups excluding carboxylic acids is 1. The Hall–Kier alpha value is -1.91. The number of aryl methyl sites for hydroxylation is 1. The van der Waals surface area contributed by atoms with E-state index in [0.717, 1.165) is 5.56 Å². The fourth-order valence-corrected chi connectivity index (χ4v) is 1.95. The van der Waals surface area contributed by atoms with Crippen LogP contribution in [0.15, 0.2) is 18.2 Å². The molecule has 2 rings (SSSR count). The van der Waals surface area contributed by atoms with Crippen LogP contribution in [-0.4, -0.2) is 23.9 Å². The van der Waals surface area contributed by atoms with Crippen LogP contribution in [0.1, 0.15) is 22.3 Å². The van der Waals surface area contributed by atoms with E-state index in [2.05, 4.69) is 0 Å². The van der Waals surface area contributed by atoms with Crippen LogP contribution in [0.25, 0.3) is 0 Å². The van der Waals surface area contributed by atoms with Crippen LogP contribution in [-0.2, 0) is 6.42 Å². The largest absolute Gasteiger partial charge is 0.497 e. The highest BCUT2D eigenvalue weighted by Crippen LogP contribution is 2.26. The molecule has 1 aromatic rings. The smallest absolute Gasteiger partial charge is 0.275 e. The van der Waals surface area contributed by atoms with Crippen LogP contribution < -0.4 is 4.74 Å². The topological polar surface area (TPSA) is 69.4 Å². The summed E-state index contributed by atoms with van der Waals surface area (Å²) in [5.74, 6) is 0.278. The molecule has 0 N–H and O–H groups in total. The number of ether oxygens (including phenoxy) is 1. The van der Waals surface area contributed by atoms with E-state index in [-0.39, 0.29) is 6.42 Å². The van der Waals surface area contributed by atoms with Gasteiger partial charge in [0.2, 0.25) is 5.78 Å². The van der Waals surface area contributed by atoms with E-state index in [1.54, 1.807) is 25.3 Å². The molecule has 84 valence electrons. The maximum absolute atomic E-state index is 11.8. The standard InChI is InChI=1S/C11H11NO4/c1-16-8-3-4-9-7(6-8)2-5-10(11(9)13)12(14)15/h3-4,6,10H,2,5H2,1H3. The number of nitrogens with zero attached hydrogens (tertiary/aromatic N) is 1. The summed E-state index contributed by atoms with van der Waals surface area (Å²) in [6.45, 7) is 0. The summed E-state index contributed by atoms with van der Waals surface area (Å²) < 4.78 is 5.04. The van der Waals surface area contributed by atoms with Crippen molar-refractivity contribution in [3.8, 4) is 5.75 Å². The lowest BCUT2D eigenvalue weighted by molar-refractivity contribution is -0.506. The molecule has 0 fully saturated rings. The number of benzene rings is 1. The summed E-state index contributed by atoms with van der Waals surface area (Å²) in [4.78, 5) is 21.9. The van der Waals surface area contributed by atoms with Crippen LogP contribution in [0, 0.1) is 10.1 Å². The SMILES string of the molecule is COc1ccc2c(c1)CCC([N+](=O)[O-])C2=O. The maximum Gasteiger partial charge on any atom is 0.275 e. The predicted molar refractivity (Wildman–Crippen MR) is 56.4 cm³/mol. The number of nitro groups is 1. The van der Waals surface area contributed by atoms with Crippen molar-refractivity contribution in [2.45, 2.75) is 18.9 Å². The zero-order valence-electron chi connectivity index (χ0n) is 8.80. The molecule has 0 amide bonds. The van der Waals surface area contributed by atoms with Crippen molar-refractivity contribution >= 4 is 5.78 Å². The van der Waals surface area contributed by atoms with Crippen molar-refractivity contribution < 1.29 is 14.5 Å². The fraction of sp³-hybridized carbons (Fsp3) is 0.364. The van der Waals surface area contributed by atoms with Crippen molar-refractivity contribution in [2.24, 2.45) is 0 Å². The fourth-order valence-electron chi connectivity index (χ4n) is 1.95. The van der Waals surface area contributed by atoms with E-state index in [9.17, 15) is 14.9 Å². The molecular formula is C11H11NO4. The second-order valence-corrected chi connectivity index (χ2v) is 3.73. The van der Waals surface area contributed by atoms with Crippen molar-refractivity contribution in [2.75, 3.05) is 7.11 Å². The predicted octanol–water partition coefficient (Wildman–Crippen LogP) is 1.47. The minimum atomic E-state index is -1.08. The average Bonchev–Trinajstić information content (AvgIpc) is 2.28. The molecule has 0 spiro atoms. The van der Waals surface area contributed by atoms with Gasteiger partial charge in [0.15, 0.2) is 0 Å². The zero-order valence-corrected chi connectivity index (χ0v) is 8.80. The second kappa shape index (κ2) is 3.92. The summed E-state index contributed by atoms with van der Waals surface area (Å²) in [6, 6.07) is 3.94. The number of carbonyl (C=O) groups is 1. The number of methoxy groups -OCH3 is 1. The summed E-state index contributed by atoms with van der Waals surface area (Å²) in [7, 11) is 1.55. The molecule has 0 aromatic heterocycles. The van der Waals surface area contributed by atoms with Gasteiger partial charge in [-0.3, -0.25) is 14.9 Å². The normalized spacial score (nSPS) is 19.1. The van der Waals surface area contributed by atoms with Crippen molar-refractivity contribution in [1.82, 2.24) is 0 Å². The Balaban J connectivity index is 2.39. The van der Waals surface area contributed by atoms with Crippen molar-refractivity contribution in [3.05, 3.63) is 39.4 Å². The van der Waals surface area contributed by atoms with Gasteiger partial charge in [-0.15, -0.1) is 0 Å². The van der Waals surface area contributed by atoms with Gasteiger partial charge in [0, 0.05) is 16.9 Å². The molecule has 1 aromatic carbocycles. The Morgan fingerprint density at radius 1 is 1.50 bits per heavy atom. The molecule has 0 heterocycles. The first-order chi connectivity index (χ1) is 7.63. The molecule has 0 saturated carbocycles. The molecule has 1 aliphatic rings. The van der Waals surface area contributed by atoms with Gasteiger partial charge in [0.05, 0.1) is 7.11 Å². The lowest BCUT2D eigenvalue weighted by Crippen LogP contribution is -2.34. The third-order valence-electron chi connectivity index (χ3n) is 2.82. The minimum Gasteiger partial charge on any atom is -0.497 e. The van der Waals surface area contributed by atoms with Gasteiger partial charge in [-0.2, -0.15) is 0 Å². The Morgan fingerprint density at radius 2 is 2.25 bits per heavy atom. The lowest BCUT2D eigenvalue weighted by atomic mass is 9.87. The minimum absolute atomic E-state index is 0.270. The third-order valence-corrected chi connectivity index (χ3v) is 2.82. The Labute approximate surface area is 92.2 Å².